The number of halogens is 1. The molecule has 0 aromatic heterocycles. The van der Waals surface area contributed by atoms with E-state index < -0.39 is 7.83 Å². The van der Waals surface area contributed by atoms with Gasteiger partial charge in [0.15, 0.2) is 0 Å². The van der Waals surface area contributed by atoms with Crippen LogP contribution in [0.5, 0.6) is 5.75 Å². The van der Waals surface area contributed by atoms with Crippen molar-refractivity contribution < 1.29 is 18.1 Å². The van der Waals surface area contributed by atoms with Gasteiger partial charge in [-0.15, -0.1) is 4.20 Å². The van der Waals surface area contributed by atoms with Crippen molar-refractivity contribution in [3.63, 3.8) is 0 Å². The molecule has 0 radical (unpaired) electrons. The van der Waals surface area contributed by atoms with Gasteiger partial charge in [-0.3, -0.25) is 4.79 Å². The summed E-state index contributed by atoms with van der Waals surface area (Å²) in [6.45, 7) is 2.64. The summed E-state index contributed by atoms with van der Waals surface area (Å²) in [6, 6.07) is 5.58. The summed E-state index contributed by atoms with van der Waals surface area (Å²) < 4.78 is 27.5. The van der Waals surface area contributed by atoms with Crippen LogP contribution in [0.25, 0.3) is 0 Å². The zero-order valence-corrected chi connectivity index (χ0v) is 11.0. The van der Waals surface area contributed by atoms with Gasteiger partial charge in [-0.1, -0.05) is 13.3 Å². The molecule has 18 heavy (non-hydrogen) atoms. The number of hydrogen-bond donors (Lipinski definition) is 2. The Kier molecular flexibility index (Phi) is 5.31. The van der Waals surface area contributed by atoms with Gasteiger partial charge in [0.1, 0.15) is 5.75 Å². The molecule has 0 bridgehead atoms. The van der Waals surface area contributed by atoms with Crippen LogP contribution in [-0.4, -0.2) is 12.5 Å². The Labute approximate surface area is 105 Å². The first-order valence-corrected chi connectivity index (χ1v) is 7.17. The van der Waals surface area contributed by atoms with Crippen LogP contribution in [0.2, 0.25) is 0 Å². The molecule has 1 atom stereocenters. The predicted molar refractivity (Wildman–Crippen MR) is 67.2 cm³/mol. The average molecular weight is 274 g/mol. The molecule has 7 heteroatoms. The van der Waals surface area contributed by atoms with Crippen molar-refractivity contribution in [1.29, 1.82) is 0 Å². The van der Waals surface area contributed by atoms with Gasteiger partial charge in [0.05, 0.1) is 0 Å². The van der Waals surface area contributed by atoms with Crippen molar-refractivity contribution in [2.45, 2.75) is 19.8 Å². The molecule has 5 nitrogen and oxygen atoms in total. The van der Waals surface area contributed by atoms with Gasteiger partial charge in [-0.05, 0) is 30.7 Å². The minimum Gasteiger partial charge on any atom is -0.410 e. The molecule has 3 N–H and O–H groups in total. The van der Waals surface area contributed by atoms with E-state index >= 15 is 0 Å². The van der Waals surface area contributed by atoms with Crippen molar-refractivity contribution in [1.82, 2.24) is 5.32 Å². The standard InChI is InChI=1S/C11H16FN2O3P/c1-2-3-8-14-11(15)9-4-6-10(7-5-9)17-18(12,13)16/h4-7H,2-3,8H2,1H3,(H2,13,16)(H,14,15). The van der Waals surface area contributed by atoms with Crippen LogP contribution < -0.4 is 15.3 Å². The average Bonchev–Trinajstić information content (AvgIpc) is 2.28. The van der Waals surface area contributed by atoms with Crippen LogP contribution in [0.1, 0.15) is 30.1 Å². The predicted octanol–water partition coefficient (Wildman–Crippen LogP) is 2.63. The molecule has 0 aliphatic heterocycles. The lowest BCUT2D eigenvalue weighted by molar-refractivity contribution is 0.0953. The smallest absolute Gasteiger partial charge is 0.410 e. The van der Waals surface area contributed by atoms with Gasteiger partial charge >= 0.3 is 7.83 Å². The molecule has 0 saturated heterocycles. The van der Waals surface area contributed by atoms with Gasteiger partial charge < -0.3 is 9.84 Å². The van der Waals surface area contributed by atoms with Crippen molar-refractivity contribution in [3.05, 3.63) is 29.8 Å². The Hall–Kier alpha value is -1.39. The first kappa shape index (κ1) is 14.7. The van der Waals surface area contributed by atoms with E-state index in [9.17, 15) is 13.6 Å². The lowest BCUT2D eigenvalue weighted by Gasteiger charge is -2.07. The number of carbonyl (C=O) groups is 1. The first-order chi connectivity index (χ1) is 8.42. The second-order valence-electron chi connectivity index (χ2n) is 3.75. The summed E-state index contributed by atoms with van der Waals surface area (Å²) >= 11 is 0. The van der Waals surface area contributed by atoms with Gasteiger partial charge in [0, 0.05) is 12.1 Å². The monoisotopic (exact) mass is 274 g/mol. The van der Waals surface area contributed by atoms with Gasteiger partial charge in [0.2, 0.25) is 0 Å². The Balaban J connectivity index is 2.59. The van der Waals surface area contributed by atoms with Crippen molar-refractivity contribution in [3.8, 4) is 5.75 Å². The summed E-state index contributed by atoms with van der Waals surface area (Å²) in [5.41, 5.74) is 5.05. The Morgan fingerprint density at radius 3 is 2.56 bits per heavy atom. The zero-order valence-electron chi connectivity index (χ0n) is 10.1. The minimum absolute atomic E-state index is 0.0217. The molecule has 0 saturated carbocycles. The van der Waals surface area contributed by atoms with Crippen LogP contribution in [0.4, 0.5) is 4.20 Å². The largest absolute Gasteiger partial charge is 0.493 e. The highest BCUT2D eigenvalue weighted by Gasteiger charge is 2.16. The fraction of sp³-hybridized carbons (Fsp3) is 0.364. The van der Waals surface area contributed by atoms with Gasteiger partial charge in [0.25, 0.3) is 5.91 Å². The number of nitrogens with two attached hydrogens (primary N) is 1. The molecule has 1 rings (SSSR count). The molecular weight excluding hydrogens is 258 g/mol. The van der Waals surface area contributed by atoms with Crippen molar-refractivity contribution in [2.75, 3.05) is 6.54 Å². The van der Waals surface area contributed by atoms with E-state index in [1.807, 2.05) is 6.92 Å². The quantitative estimate of drug-likeness (QED) is 0.617. The third-order valence-electron chi connectivity index (χ3n) is 2.16. The van der Waals surface area contributed by atoms with Crippen LogP contribution in [0, 0.1) is 0 Å². The fourth-order valence-electron chi connectivity index (χ4n) is 1.29. The van der Waals surface area contributed by atoms with Gasteiger partial charge in [-0.2, -0.15) is 0 Å². The van der Waals surface area contributed by atoms with Crippen LogP contribution in [0.15, 0.2) is 24.3 Å². The van der Waals surface area contributed by atoms with Crippen LogP contribution in [-0.2, 0) is 4.57 Å². The van der Waals surface area contributed by atoms with Crippen molar-refractivity contribution >= 4 is 13.7 Å². The number of nitrogens with one attached hydrogen (secondary N) is 1. The fourth-order valence-corrected chi connectivity index (χ4v) is 1.70. The Bertz CT molecular complexity index is 444. The van der Waals surface area contributed by atoms with E-state index in [1.54, 1.807) is 0 Å². The van der Waals surface area contributed by atoms with E-state index in [0.717, 1.165) is 12.8 Å². The normalized spacial score (nSPS) is 13.7. The molecule has 1 aromatic rings. The molecule has 1 unspecified atom stereocenters. The highest BCUT2D eigenvalue weighted by Crippen LogP contribution is 2.39. The summed E-state index contributed by atoms with van der Waals surface area (Å²) in [6.07, 6.45) is 1.90. The maximum absolute atomic E-state index is 12.6. The summed E-state index contributed by atoms with van der Waals surface area (Å²) in [4.78, 5) is 11.6. The Morgan fingerprint density at radius 2 is 2.06 bits per heavy atom. The molecule has 0 aliphatic carbocycles. The lowest BCUT2D eigenvalue weighted by Crippen LogP contribution is -2.24. The first-order valence-electron chi connectivity index (χ1n) is 5.58. The summed E-state index contributed by atoms with van der Waals surface area (Å²) in [7, 11) is -4.55. The van der Waals surface area contributed by atoms with Crippen molar-refractivity contribution in [2.24, 2.45) is 5.50 Å². The molecule has 0 fully saturated rings. The molecule has 0 aliphatic rings. The Morgan fingerprint density at radius 1 is 1.44 bits per heavy atom. The topological polar surface area (TPSA) is 81.4 Å². The molecule has 1 amide bonds. The molecule has 100 valence electrons. The molecule has 1 aromatic carbocycles. The van der Waals surface area contributed by atoms with E-state index in [-0.39, 0.29) is 11.7 Å². The molecule has 0 heterocycles. The minimum atomic E-state index is -4.55. The number of benzene rings is 1. The van der Waals surface area contributed by atoms with Gasteiger partial charge in [-0.25, -0.2) is 10.1 Å². The van der Waals surface area contributed by atoms with Crippen LogP contribution >= 0.6 is 7.83 Å². The number of rotatable bonds is 6. The second-order valence-corrected chi connectivity index (χ2v) is 4.97. The summed E-state index contributed by atoms with van der Waals surface area (Å²) in [5.74, 6) is -0.195. The SMILES string of the molecule is CCCCNC(=O)c1ccc(OP(N)(=O)F)cc1. The number of amides is 1. The zero-order chi connectivity index (χ0) is 13.6. The van der Waals surface area contributed by atoms with E-state index in [1.165, 1.54) is 24.3 Å². The molecule has 0 spiro atoms. The third-order valence-corrected chi connectivity index (χ3v) is 2.62. The third kappa shape index (κ3) is 5.29. The van der Waals surface area contributed by atoms with E-state index in [2.05, 4.69) is 15.3 Å². The maximum Gasteiger partial charge on any atom is 0.493 e. The lowest BCUT2D eigenvalue weighted by atomic mass is 10.2. The number of hydrogen-bond acceptors (Lipinski definition) is 3. The van der Waals surface area contributed by atoms with E-state index in [0.29, 0.717) is 12.1 Å². The second kappa shape index (κ2) is 6.52. The highest BCUT2D eigenvalue weighted by atomic mass is 31.2. The van der Waals surface area contributed by atoms with E-state index in [4.69, 9.17) is 0 Å². The summed E-state index contributed by atoms with van der Waals surface area (Å²) in [5, 5.41) is 2.73. The number of unbranched alkanes of at least 4 members (excludes halogenated alkanes) is 1. The number of carbonyl (C=O) groups excluding carboxylic acids is 1. The van der Waals surface area contributed by atoms with Crippen LogP contribution in [0.3, 0.4) is 0 Å². The molecular formula is C11H16FN2O3P. The maximum atomic E-state index is 12.6. The highest BCUT2D eigenvalue weighted by molar-refractivity contribution is 7.51.